The summed E-state index contributed by atoms with van der Waals surface area (Å²) in [6.45, 7) is 2.09. The maximum Gasteiger partial charge on any atom is 0.0736 e. The van der Waals surface area contributed by atoms with Gasteiger partial charge in [-0.2, -0.15) is 0 Å². The molecular weight excluding hydrogens is 246 g/mol. The van der Waals surface area contributed by atoms with Crippen molar-refractivity contribution in [3.63, 3.8) is 0 Å². The summed E-state index contributed by atoms with van der Waals surface area (Å²) >= 11 is 6.46. The van der Waals surface area contributed by atoms with Crippen molar-refractivity contribution in [3.05, 3.63) is 48.0 Å². The third-order valence-electron chi connectivity index (χ3n) is 2.93. The number of aryl methyl sites for hydroxylation is 1. The first kappa shape index (κ1) is 11.1. The van der Waals surface area contributed by atoms with E-state index in [1.165, 1.54) is 21.8 Å². The number of anilines is 2. The van der Waals surface area contributed by atoms with Crippen LogP contribution in [0.15, 0.2) is 52.3 Å². The normalized spacial score (nSPS) is 13.9. The first-order valence-corrected chi connectivity index (χ1v) is 6.98. The Hall–Kier alpha value is -1.06. The lowest BCUT2D eigenvalue weighted by Crippen LogP contribution is -2.12. The number of hydrogen-bond donors (Lipinski definition) is 1. The Kier molecular flexibility index (Phi) is 2.81. The number of hydrogen-bond acceptors (Lipinski definition) is 3. The molecular formula is C14H13NS2. The van der Waals surface area contributed by atoms with Gasteiger partial charge in [0.25, 0.3) is 0 Å². The van der Waals surface area contributed by atoms with Gasteiger partial charge in [-0.3, -0.25) is 0 Å². The Labute approximate surface area is 111 Å². The van der Waals surface area contributed by atoms with E-state index in [0.29, 0.717) is 0 Å². The van der Waals surface area contributed by atoms with Crippen molar-refractivity contribution in [2.75, 3.05) is 10.8 Å². The van der Waals surface area contributed by atoms with Crippen LogP contribution < -0.4 is 4.90 Å². The van der Waals surface area contributed by atoms with Crippen molar-refractivity contribution in [3.8, 4) is 0 Å². The monoisotopic (exact) mass is 259 g/mol. The summed E-state index contributed by atoms with van der Waals surface area (Å²) in [4.78, 5) is 4.71. The maximum atomic E-state index is 4.58. The molecule has 1 aliphatic rings. The first-order chi connectivity index (χ1) is 8.25. The fourth-order valence-electron chi connectivity index (χ4n) is 2.07. The van der Waals surface area contributed by atoms with Crippen LogP contribution in [0.2, 0.25) is 0 Å². The highest BCUT2D eigenvalue weighted by Crippen LogP contribution is 2.44. The van der Waals surface area contributed by atoms with Gasteiger partial charge in [0.1, 0.15) is 0 Å². The minimum absolute atomic E-state index is 0.968. The molecule has 0 N–H and O–H groups in total. The summed E-state index contributed by atoms with van der Waals surface area (Å²) in [5.41, 5.74) is 3.73. The second kappa shape index (κ2) is 4.31. The van der Waals surface area contributed by atoms with Crippen molar-refractivity contribution < 1.29 is 0 Å². The number of thioether (sulfide) groups is 1. The van der Waals surface area contributed by atoms with Crippen molar-refractivity contribution in [1.82, 2.24) is 0 Å². The predicted octanol–water partition coefficient (Wildman–Crippen LogP) is 4.49. The molecule has 0 bridgehead atoms. The minimum atomic E-state index is 0.968. The molecule has 0 radical (unpaired) electrons. The summed E-state index contributed by atoms with van der Waals surface area (Å²) in [5.74, 6) is 0.968. The van der Waals surface area contributed by atoms with Crippen molar-refractivity contribution >= 4 is 35.8 Å². The van der Waals surface area contributed by atoms with E-state index in [9.17, 15) is 0 Å². The van der Waals surface area contributed by atoms with E-state index in [0.717, 1.165) is 10.8 Å². The molecule has 86 valence electrons. The summed E-state index contributed by atoms with van der Waals surface area (Å²) in [7, 11) is 0. The van der Waals surface area contributed by atoms with Gasteiger partial charge in [-0.15, -0.1) is 24.4 Å². The quantitative estimate of drug-likeness (QED) is 0.752. The zero-order valence-corrected chi connectivity index (χ0v) is 11.3. The number of para-hydroxylation sites is 1. The van der Waals surface area contributed by atoms with E-state index < -0.39 is 0 Å². The molecule has 1 heterocycles. The molecule has 0 atom stereocenters. The predicted molar refractivity (Wildman–Crippen MR) is 77.7 cm³/mol. The van der Waals surface area contributed by atoms with Gasteiger partial charge in [0, 0.05) is 9.79 Å². The van der Waals surface area contributed by atoms with Crippen LogP contribution in [0, 0.1) is 6.92 Å². The number of fused-ring (bicyclic) bond motifs is 1. The second-order valence-electron chi connectivity index (χ2n) is 4.16. The Morgan fingerprint density at radius 1 is 1.12 bits per heavy atom. The molecule has 17 heavy (non-hydrogen) atoms. The molecule has 0 spiro atoms. The molecule has 0 saturated heterocycles. The molecule has 1 aliphatic heterocycles. The minimum Gasteiger partial charge on any atom is -0.329 e. The fraction of sp³-hybridized carbons (Fsp3) is 0.143. The van der Waals surface area contributed by atoms with Crippen LogP contribution in [0.3, 0.4) is 0 Å². The number of thiol groups is 1. The lowest BCUT2D eigenvalue weighted by molar-refractivity contribution is 1.14. The largest absolute Gasteiger partial charge is 0.329 e. The number of rotatable bonds is 1. The van der Waals surface area contributed by atoms with Gasteiger partial charge in [0.15, 0.2) is 0 Å². The first-order valence-electron chi connectivity index (χ1n) is 5.55. The van der Waals surface area contributed by atoms with Crippen molar-refractivity contribution in [2.45, 2.75) is 16.7 Å². The molecule has 0 amide bonds. The Morgan fingerprint density at radius 3 is 2.76 bits per heavy atom. The molecule has 3 heteroatoms. The SMILES string of the molecule is Cc1ccc(N2CSc3ccccc32)c(S)c1. The second-order valence-corrected chi connectivity index (χ2v) is 5.63. The molecule has 2 aromatic carbocycles. The van der Waals surface area contributed by atoms with E-state index >= 15 is 0 Å². The van der Waals surface area contributed by atoms with E-state index in [1.807, 2.05) is 11.8 Å². The highest BCUT2D eigenvalue weighted by molar-refractivity contribution is 7.99. The Morgan fingerprint density at radius 2 is 1.94 bits per heavy atom. The third-order valence-corrected chi connectivity index (χ3v) is 4.33. The van der Waals surface area contributed by atoms with Gasteiger partial charge in [-0.05, 0) is 36.8 Å². The third kappa shape index (κ3) is 1.94. The molecule has 0 aliphatic carbocycles. The average molecular weight is 259 g/mol. The van der Waals surface area contributed by atoms with Gasteiger partial charge < -0.3 is 4.90 Å². The van der Waals surface area contributed by atoms with Gasteiger partial charge in [-0.25, -0.2) is 0 Å². The van der Waals surface area contributed by atoms with E-state index in [1.54, 1.807) is 0 Å². The molecule has 0 saturated carbocycles. The van der Waals surface area contributed by atoms with Crippen LogP contribution in [-0.2, 0) is 0 Å². The maximum absolute atomic E-state index is 4.58. The van der Waals surface area contributed by atoms with Gasteiger partial charge in [-0.1, -0.05) is 18.2 Å². The molecule has 0 aromatic heterocycles. The molecule has 3 rings (SSSR count). The highest BCUT2D eigenvalue weighted by atomic mass is 32.2. The van der Waals surface area contributed by atoms with E-state index in [2.05, 4.69) is 66.9 Å². The van der Waals surface area contributed by atoms with Crippen molar-refractivity contribution in [2.24, 2.45) is 0 Å². The Balaban J connectivity index is 2.07. The summed E-state index contributed by atoms with van der Waals surface area (Å²) in [6, 6.07) is 14.9. The number of benzene rings is 2. The summed E-state index contributed by atoms with van der Waals surface area (Å²) < 4.78 is 0. The van der Waals surface area contributed by atoms with Crippen LogP contribution in [0.25, 0.3) is 0 Å². The molecule has 1 nitrogen and oxygen atoms in total. The molecule has 0 unspecified atom stereocenters. The van der Waals surface area contributed by atoms with Gasteiger partial charge >= 0.3 is 0 Å². The van der Waals surface area contributed by atoms with Gasteiger partial charge in [0.05, 0.1) is 17.3 Å². The topological polar surface area (TPSA) is 3.24 Å². The standard InChI is InChI=1S/C14H13NS2/c1-10-6-7-11(13(16)8-10)15-9-17-14-5-3-2-4-12(14)15/h2-8,16H,9H2,1H3. The zero-order valence-electron chi connectivity index (χ0n) is 9.55. The lowest BCUT2D eigenvalue weighted by Gasteiger charge is -2.20. The van der Waals surface area contributed by atoms with Crippen LogP contribution in [-0.4, -0.2) is 5.88 Å². The molecule has 2 aromatic rings. The average Bonchev–Trinajstić information content (AvgIpc) is 2.73. The van der Waals surface area contributed by atoms with Crippen LogP contribution >= 0.6 is 24.4 Å². The van der Waals surface area contributed by atoms with Crippen LogP contribution in [0.4, 0.5) is 11.4 Å². The lowest BCUT2D eigenvalue weighted by atomic mass is 10.2. The smallest absolute Gasteiger partial charge is 0.0736 e. The highest BCUT2D eigenvalue weighted by Gasteiger charge is 2.21. The number of nitrogens with zero attached hydrogens (tertiary/aromatic N) is 1. The summed E-state index contributed by atoms with van der Waals surface area (Å²) in [5, 5.41) is 0. The fourth-order valence-corrected chi connectivity index (χ4v) is 3.51. The van der Waals surface area contributed by atoms with Crippen molar-refractivity contribution in [1.29, 1.82) is 0 Å². The van der Waals surface area contributed by atoms with E-state index in [4.69, 9.17) is 0 Å². The van der Waals surface area contributed by atoms with E-state index in [-0.39, 0.29) is 0 Å². The summed E-state index contributed by atoms with van der Waals surface area (Å²) in [6.07, 6.45) is 0. The van der Waals surface area contributed by atoms with Crippen LogP contribution in [0.1, 0.15) is 5.56 Å². The van der Waals surface area contributed by atoms with Gasteiger partial charge in [0.2, 0.25) is 0 Å². The van der Waals surface area contributed by atoms with Crippen LogP contribution in [0.5, 0.6) is 0 Å². The molecule has 0 fully saturated rings. The zero-order chi connectivity index (χ0) is 11.8. The Bertz CT molecular complexity index is 566.